The normalized spacial score (nSPS) is 27.3. The van der Waals surface area contributed by atoms with Crippen molar-refractivity contribution in [1.82, 2.24) is 15.3 Å². The van der Waals surface area contributed by atoms with Gasteiger partial charge in [-0.3, -0.25) is 0 Å². The Morgan fingerprint density at radius 1 is 1.33 bits per heavy atom. The Labute approximate surface area is 128 Å². The van der Waals surface area contributed by atoms with Gasteiger partial charge in [-0.2, -0.15) is 0 Å². The van der Waals surface area contributed by atoms with Crippen LogP contribution in [0.25, 0.3) is 0 Å². The summed E-state index contributed by atoms with van der Waals surface area (Å²) >= 11 is 0. The van der Waals surface area contributed by atoms with Gasteiger partial charge in [-0.1, -0.05) is 13.3 Å². The smallest absolute Gasteiger partial charge is 0.225 e. The highest BCUT2D eigenvalue weighted by molar-refractivity contribution is 5.32. The molecule has 0 aliphatic heterocycles. The van der Waals surface area contributed by atoms with Crippen molar-refractivity contribution in [2.24, 2.45) is 17.8 Å². The molecule has 1 aromatic heterocycles. The molecule has 1 aromatic rings. The first-order chi connectivity index (χ1) is 10.2. The van der Waals surface area contributed by atoms with E-state index in [2.05, 4.69) is 36.1 Å². The first kappa shape index (κ1) is 14.8. The predicted molar refractivity (Wildman–Crippen MR) is 86.4 cm³/mol. The topological polar surface area (TPSA) is 41.1 Å². The lowest BCUT2D eigenvalue weighted by Crippen LogP contribution is -2.30. The van der Waals surface area contributed by atoms with E-state index in [4.69, 9.17) is 4.98 Å². The molecule has 0 saturated heterocycles. The maximum atomic E-state index is 4.70. The van der Waals surface area contributed by atoms with Crippen LogP contribution in [0, 0.1) is 24.7 Å². The van der Waals surface area contributed by atoms with Gasteiger partial charge in [0, 0.05) is 37.6 Å². The SMILES string of the molecule is CCNCc1cnc(N(C)CC2CC3CCC2C3)nc1C. The molecule has 0 spiro atoms. The number of aryl methyl sites for hydroxylation is 1. The van der Waals surface area contributed by atoms with E-state index in [0.717, 1.165) is 49.0 Å². The number of nitrogens with one attached hydrogen (secondary N) is 1. The summed E-state index contributed by atoms with van der Waals surface area (Å²) in [6.07, 6.45) is 7.80. The van der Waals surface area contributed by atoms with Crippen LogP contribution in [-0.2, 0) is 6.54 Å². The van der Waals surface area contributed by atoms with E-state index >= 15 is 0 Å². The van der Waals surface area contributed by atoms with Crippen molar-refractivity contribution >= 4 is 5.95 Å². The van der Waals surface area contributed by atoms with E-state index in [1.54, 1.807) is 0 Å². The van der Waals surface area contributed by atoms with Crippen molar-refractivity contribution in [1.29, 1.82) is 0 Å². The van der Waals surface area contributed by atoms with Crippen molar-refractivity contribution in [2.45, 2.75) is 46.1 Å². The highest BCUT2D eigenvalue weighted by Gasteiger charge is 2.39. The molecule has 2 saturated carbocycles. The summed E-state index contributed by atoms with van der Waals surface area (Å²) in [5.41, 5.74) is 2.30. The highest BCUT2D eigenvalue weighted by Crippen LogP contribution is 2.48. The van der Waals surface area contributed by atoms with Gasteiger partial charge in [-0.25, -0.2) is 9.97 Å². The van der Waals surface area contributed by atoms with Gasteiger partial charge in [0.2, 0.25) is 5.95 Å². The Balaban J connectivity index is 1.62. The minimum Gasteiger partial charge on any atom is -0.344 e. The summed E-state index contributed by atoms with van der Waals surface area (Å²) in [5.74, 6) is 3.72. The van der Waals surface area contributed by atoms with Crippen molar-refractivity contribution < 1.29 is 0 Å². The first-order valence-corrected chi connectivity index (χ1v) is 8.41. The first-order valence-electron chi connectivity index (χ1n) is 8.41. The predicted octanol–water partition coefficient (Wildman–Crippen LogP) is 2.77. The van der Waals surface area contributed by atoms with E-state index in [0.29, 0.717) is 0 Å². The summed E-state index contributed by atoms with van der Waals surface area (Å²) in [6.45, 7) is 7.16. The number of rotatable bonds is 6. The molecule has 0 radical (unpaired) electrons. The minimum absolute atomic E-state index is 0.860. The van der Waals surface area contributed by atoms with Gasteiger partial charge in [0.15, 0.2) is 0 Å². The van der Waals surface area contributed by atoms with Gasteiger partial charge in [0.1, 0.15) is 0 Å². The van der Waals surface area contributed by atoms with Crippen LogP contribution >= 0.6 is 0 Å². The molecule has 1 N–H and O–H groups in total. The van der Waals surface area contributed by atoms with Crippen LogP contribution in [0.15, 0.2) is 6.20 Å². The summed E-state index contributed by atoms with van der Waals surface area (Å²) < 4.78 is 0. The Bertz CT molecular complexity index is 488. The Morgan fingerprint density at radius 3 is 2.81 bits per heavy atom. The molecule has 4 heteroatoms. The molecule has 4 nitrogen and oxygen atoms in total. The molecule has 2 aliphatic carbocycles. The maximum Gasteiger partial charge on any atom is 0.225 e. The highest BCUT2D eigenvalue weighted by atomic mass is 15.2. The third kappa shape index (κ3) is 3.20. The summed E-state index contributed by atoms with van der Waals surface area (Å²) in [4.78, 5) is 11.5. The summed E-state index contributed by atoms with van der Waals surface area (Å²) in [7, 11) is 2.14. The van der Waals surface area contributed by atoms with Crippen LogP contribution in [0.5, 0.6) is 0 Å². The Hall–Kier alpha value is -1.16. The van der Waals surface area contributed by atoms with Crippen LogP contribution in [0.1, 0.15) is 43.9 Å². The zero-order chi connectivity index (χ0) is 14.8. The molecule has 116 valence electrons. The van der Waals surface area contributed by atoms with Gasteiger partial charge in [-0.15, -0.1) is 0 Å². The molecule has 0 amide bonds. The molecule has 3 atom stereocenters. The van der Waals surface area contributed by atoms with Gasteiger partial charge >= 0.3 is 0 Å². The third-order valence-corrected chi connectivity index (χ3v) is 5.37. The molecule has 2 bridgehead atoms. The third-order valence-electron chi connectivity index (χ3n) is 5.37. The number of fused-ring (bicyclic) bond motifs is 2. The molecule has 21 heavy (non-hydrogen) atoms. The average molecular weight is 288 g/mol. The number of anilines is 1. The van der Waals surface area contributed by atoms with Crippen LogP contribution in [0.4, 0.5) is 5.95 Å². The number of hydrogen-bond donors (Lipinski definition) is 1. The fourth-order valence-electron chi connectivity index (χ4n) is 4.13. The second kappa shape index (κ2) is 6.30. The second-order valence-corrected chi connectivity index (χ2v) is 6.88. The van der Waals surface area contributed by atoms with Crippen LogP contribution in [-0.4, -0.2) is 30.1 Å². The van der Waals surface area contributed by atoms with Crippen LogP contribution in [0.3, 0.4) is 0 Å². The summed E-state index contributed by atoms with van der Waals surface area (Å²) in [6, 6.07) is 0. The lowest BCUT2D eigenvalue weighted by Gasteiger charge is -2.27. The maximum absolute atomic E-state index is 4.70. The standard InChI is InChI=1S/C17H28N4/c1-4-18-9-16-10-19-17(20-12(16)2)21(3)11-15-8-13-5-6-14(15)7-13/h10,13-15,18H,4-9,11H2,1-3H3. The lowest BCUT2D eigenvalue weighted by atomic mass is 9.88. The Morgan fingerprint density at radius 2 is 2.19 bits per heavy atom. The van der Waals surface area contributed by atoms with Gasteiger partial charge < -0.3 is 10.2 Å². The van der Waals surface area contributed by atoms with Crippen molar-refractivity contribution in [3.63, 3.8) is 0 Å². The summed E-state index contributed by atoms with van der Waals surface area (Å²) in [5, 5.41) is 3.34. The fraction of sp³-hybridized carbons (Fsp3) is 0.765. The average Bonchev–Trinajstić information content (AvgIpc) is 3.08. The molecule has 0 aromatic carbocycles. The minimum atomic E-state index is 0.860. The molecule has 3 rings (SSSR count). The zero-order valence-electron chi connectivity index (χ0n) is 13.6. The zero-order valence-corrected chi connectivity index (χ0v) is 13.6. The monoisotopic (exact) mass is 288 g/mol. The second-order valence-electron chi connectivity index (χ2n) is 6.88. The molecular weight excluding hydrogens is 260 g/mol. The van der Waals surface area contributed by atoms with Gasteiger partial charge in [-0.05, 0) is 50.5 Å². The van der Waals surface area contributed by atoms with E-state index in [1.807, 2.05) is 6.20 Å². The molecule has 1 heterocycles. The number of aromatic nitrogens is 2. The molecular formula is C17H28N4. The largest absolute Gasteiger partial charge is 0.344 e. The quantitative estimate of drug-likeness (QED) is 0.874. The Kier molecular flexibility index (Phi) is 4.43. The van der Waals surface area contributed by atoms with Gasteiger partial charge in [0.25, 0.3) is 0 Å². The van der Waals surface area contributed by atoms with Crippen LogP contribution < -0.4 is 10.2 Å². The van der Waals surface area contributed by atoms with Crippen molar-refractivity contribution in [3.05, 3.63) is 17.5 Å². The van der Waals surface area contributed by atoms with Crippen molar-refractivity contribution in [3.8, 4) is 0 Å². The lowest BCUT2D eigenvalue weighted by molar-refractivity contribution is 0.336. The molecule has 3 unspecified atom stereocenters. The van der Waals surface area contributed by atoms with E-state index in [1.165, 1.54) is 31.2 Å². The molecule has 2 fully saturated rings. The van der Waals surface area contributed by atoms with Gasteiger partial charge in [0.05, 0.1) is 0 Å². The molecule has 2 aliphatic rings. The fourth-order valence-corrected chi connectivity index (χ4v) is 4.13. The van der Waals surface area contributed by atoms with E-state index < -0.39 is 0 Å². The number of nitrogens with zero attached hydrogens (tertiary/aromatic N) is 3. The van der Waals surface area contributed by atoms with E-state index in [9.17, 15) is 0 Å². The van der Waals surface area contributed by atoms with Crippen LogP contribution in [0.2, 0.25) is 0 Å². The number of hydrogen-bond acceptors (Lipinski definition) is 4. The van der Waals surface area contributed by atoms with Crippen molar-refractivity contribution in [2.75, 3.05) is 25.0 Å². The van der Waals surface area contributed by atoms with E-state index in [-0.39, 0.29) is 0 Å².